The molecule has 0 fully saturated rings. The van der Waals surface area contributed by atoms with Gasteiger partial charge in [-0.2, -0.15) is 13.2 Å². The van der Waals surface area contributed by atoms with Crippen molar-refractivity contribution in [1.29, 1.82) is 0 Å². The van der Waals surface area contributed by atoms with Crippen molar-refractivity contribution < 1.29 is 17.4 Å². The van der Waals surface area contributed by atoms with Crippen molar-refractivity contribution in [1.82, 2.24) is 0 Å². The molecule has 0 spiro atoms. The number of hydrogen-bond acceptors (Lipinski definition) is 2. The summed E-state index contributed by atoms with van der Waals surface area (Å²) in [4.78, 5) is 0.242. The lowest BCUT2D eigenvalue weighted by atomic mass is 10.1. The van der Waals surface area contributed by atoms with E-state index in [2.05, 4.69) is 5.32 Å². The molecule has 19 heavy (non-hydrogen) atoms. The number of aryl methyl sites for hydroxylation is 2. The van der Waals surface area contributed by atoms with Crippen LogP contribution in [0.25, 0.3) is 0 Å². The van der Waals surface area contributed by atoms with Crippen LogP contribution in [-0.2, 0) is 10.8 Å². The Hall–Kier alpha value is -1.04. The lowest BCUT2D eigenvalue weighted by Crippen LogP contribution is -2.19. The van der Waals surface area contributed by atoms with Crippen LogP contribution in [-0.4, -0.2) is 22.2 Å². The number of anilines is 1. The molecule has 6 heteroatoms. The summed E-state index contributed by atoms with van der Waals surface area (Å²) in [6, 6.07) is 3.48. The molecule has 1 atom stereocenters. The third kappa shape index (κ3) is 4.86. The molecule has 1 aromatic rings. The van der Waals surface area contributed by atoms with E-state index in [1.165, 1.54) is 0 Å². The van der Waals surface area contributed by atoms with E-state index < -0.39 is 22.7 Å². The molecule has 1 unspecified atom stereocenters. The second-order valence-corrected chi connectivity index (χ2v) is 6.26. The number of benzene rings is 1. The van der Waals surface area contributed by atoms with E-state index in [4.69, 9.17) is 0 Å². The van der Waals surface area contributed by atoms with Crippen LogP contribution >= 0.6 is 0 Å². The molecule has 0 radical (unpaired) electrons. The van der Waals surface area contributed by atoms with E-state index in [-0.39, 0.29) is 10.9 Å². The first-order valence-corrected chi connectivity index (χ1v) is 7.25. The van der Waals surface area contributed by atoms with Gasteiger partial charge >= 0.3 is 6.18 Å². The molecule has 2 nitrogen and oxygen atoms in total. The highest BCUT2D eigenvalue weighted by Gasteiger charge is 2.31. The van der Waals surface area contributed by atoms with Crippen LogP contribution in [0.1, 0.15) is 25.0 Å². The topological polar surface area (TPSA) is 29.1 Å². The second kappa shape index (κ2) is 5.94. The van der Waals surface area contributed by atoms with Crippen molar-refractivity contribution in [2.45, 2.75) is 44.8 Å². The fourth-order valence-corrected chi connectivity index (χ4v) is 2.89. The molecule has 0 aliphatic heterocycles. The molecule has 0 amide bonds. The third-order valence-electron chi connectivity index (χ3n) is 2.51. The summed E-state index contributed by atoms with van der Waals surface area (Å²) < 4.78 is 48.7. The normalized spacial score (nSPS) is 13.7. The second-order valence-electron chi connectivity index (χ2n) is 4.84. The average Bonchev–Trinajstić information content (AvgIpc) is 2.18. The van der Waals surface area contributed by atoms with Gasteiger partial charge in [0.2, 0.25) is 0 Å². The Morgan fingerprint density at radius 1 is 1.21 bits per heavy atom. The summed E-state index contributed by atoms with van der Waals surface area (Å²) >= 11 is 0. The van der Waals surface area contributed by atoms with Crippen LogP contribution in [0.5, 0.6) is 0 Å². The Labute approximate surface area is 113 Å². The van der Waals surface area contributed by atoms with E-state index >= 15 is 0 Å². The zero-order valence-electron chi connectivity index (χ0n) is 11.4. The number of nitrogens with one attached hydrogen (secondary N) is 1. The Kier molecular flexibility index (Phi) is 5.01. The highest BCUT2D eigenvalue weighted by Crippen LogP contribution is 2.26. The van der Waals surface area contributed by atoms with Crippen molar-refractivity contribution >= 4 is 16.5 Å². The Bertz CT molecular complexity index is 484. The van der Waals surface area contributed by atoms with Crippen molar-refractivity contribution in [2.24, 2.45) is 0 Å². The van der Waals surface area contributed by atoms with Gasteiger partial charge in [0.05, 0.1) is 10.8 Å². The number of halogens is 3. The van der Waals surface area contributed by atoms with Crippen LogP contribution in [0.3, 0.4) is 0 Å². The molecule has 0 heterocycles. The largest absolute Gasteiger partial charge is 0.400 e. The van der Waals surface area contributed by atoms with Gasteiger partial charge in [-0.05, 0) is 44.9 Å². The molecule has 1 aromatic carbocycles. The van der Waals surface area contributed by atoms with Crippen molar-refractivity contribution in [3.63, 3.8) is 0 Å². The van der Waals surface area contributed by atoms with Crippen molar-refractivity contribution in [2.75, 3.05) is 11.1 Å². The smallest absolute Gasteiger partial charge is 0.383 e. The first-order chi connectivity index (χ1) is 8.60. The molecule has 0 aromatic heterocycles. The van der Waals surface area contributed by atoms with Crippen LogP contribution in [0.2, 0.25) is 0 Å². The lowest BCUT2D eigenvalue weighted by molar-refractivity contribution is -0.105. The number of alkyl halides is 3. The van der Waals surface area contributed by atoms with E-state index in [0.717, 1.165) is 11.3 Å². The van der Waals surface area contributed by atoms with Crippen molar-refractivity contribution in [3.05, 3.63) is 23.3 Å². The van der Waals surface area contributed by atoms with Gasteiger partial charge in [-0.25, -0.2) is 0 Å². The maximum atomic E-state index is 12.3. The summed E-state index contributed by atoms with van der Waals surface area (Å²) in [5.41, 5.74) is 2.28. The maximum absolute atomic E-state index is 12.3. The van der Waals surface area contributed by atoms with Crippen LogP contribution in [0.15, 0.2) is 17.0 Å². The Morgan fingerprint density at radius 3 is 2.26 bits per heavy atom. The molecule has 1 rings (SSSR count). The number of hydrogen-bond donors (Lipinski definition) is 1. The van der Waals surface area contributed by atoms with E-state index in [1.54, 1.807) is 19.1 Å². The molecule has 0 aliphatic carbocycles. The monoisotopic (exact) mass is 293 g/mol. The van der Waals surface area contributed by atoms with Crippen molar-refractivity contribution in [3.8, 4) is 0 Å². The first kappa shape index (κ1) is 16.0. The van der Waals surface area contributed by atoms with E-state index in [9.17, 15) is 17.4 Å². The first-order valence-electron chi connectivity index (χ1n) is 5.93. The molecule has 1 N–H and O–H groups in total. The van der Waals surface area contributed by atoms with Gasteiger partial charge in [-0.15, -0.1) is 0 Å². The summed E-state index contributed by atoms with van der Waals surface area (Å²) in [6.45, 7) is 7.42. The van der Waals surface area contributed by atoms with E-state index in [1.807, 2.05) is 20.8 Å². The van der Waals surface area contributed by atoms with Gasteiger partial charge in [-0.3, -0.25) is 4.21 Å². The van der Waals surface area contributed by atoms with Gasteiger partial charge < -0.3 is 5.32 Å². The zero-order valence-corrected chi connectivity index (χ0v) is 12.2. The zero-order chi connectivity index (χ0) is 14.8. The highest BCUT2D eigenvalue weighted by molar-refractivity contribution is 7.85. The summed E-state index contributed by atoms with van der Waals surface area (Å²) in [6.07, 6.45) is -4.42. The van der Waals surface area contributed by atoms with Gasteiger partial charge in [0.25, 0.3) is 0 Å². The van der Waals surface area contributed by atoms with Crippen LogP contribution in [0.4, 0.5) is 18.9 Å². The van der Waals surface area contributed by atoms with Gasteiger partial charge in [0.15, 0.2) is 0 Å². The Balaban J connectivity index is 3.10. The molecule has 0 saturated carbocycles. The highest BCUT2D eigenvalue weighted by atomic mass is 32.2. The molecule has 108 valence electrons. The van der Waals surface area contributed by atoms with Crippen LogP contribution in [0, 0.1) is 13.8 Å². The van der Waals surface area contributed by atoms with Gasteiger partial charge in [0.1, 0.15) is 5.75 Å². The molecule has 0 saturated heterocycles. The maximum Gasteiger partial charge on any atom is 0.400 e. The SMILES string of the molecule is Cc1cc(C)c(S(=O)CC(F)(F)F)cc1NC(C)C. The lowest BCUT2D eigenvalue weighted by Gasteiger charge is -2.16. The fourth-order valence-electron chi connectivity index (χ4n) is 1.77. The summed E-state index contributed by atoms with van der Waals surface area (Å²) in [5, 5.41) is 3.14. The minimum absolute atomic E-state index is 0.158. The molecular formula is C13H18F3NOS. The standard InChI is InChI=1S/C13H18F3NOS/c1-8(2)17-11-6-12(10(4)5-9(11)3)19(18)7-13(14,15)16/h5-6,8,17H,7H2,1-4H3. The number of rotatable bonds is 4. The minimum Gasteiger partial charge on any atom is -0.383 e. The summed E-state index contributed by atoms with van der Waals surface area (Å²) in [7, 11) is -2.06. The van der Waals surface area contributed by atoms with Gasteiger partial charge in [-0.1, -0.05) is 6.07 Å². The molecule has 0 bridgehead atoms. The Morgan fingerprint density at radius 2 is 1.79 bits per heavy atom. The quantitative estimate of drug-likeness (QED) is 0.915. The molecule has 0 aliphatic rings. The van der Waals surface area contributed by atoms with Crippen LogP contribution < -0.4 is 5.32 Å². The summed E-state index contributed by atoms with van der Waals surface area (Å²) in [5.74, 6) is -1.31. The predicted molar refractivity (Wildman–Crippen MR) is 72.0 cm³/mol. The van der Waals surface area contributed by atoms with E-state index in [0.29, 0.717) is 5.56 Å². The fraction of sp³-hybridized carbons (Fsp3) is 0.538. The minimum atomic E-state index is -4.42. The van der Waals surface area contributed by atoms with Gasteiger partial charge in [0, 0.05) is 16.6 Å². The average molecular weight is 293 g/mol. The molecular weight excluding hydrogens is 275 g/mol. The predicted octanol–water partition coefficient (Wildman–Crippen LogP) is 3.79. The third-order valence-corrected chi connectivity index (χ3v) is 4.03.